The molecule has 0 amide bonds. The third kappa shape index (κ3) is 4.01. The molecule has 0 spiro atoms. The lowest BCUT2D eigenvalue weighted by molar-refractivity contribution is -0.384. The Kier molecular flexibility index (Phi) is 5.01. The van der Waals surface area contributed by atoms with Gasteiger partial charge in [0.2, 0.25) is 0 Å². The number of aliphatic carboxylic acids is 1. The molecule has 0 atom stereocenters. The van der Waals surface area contributed by atoms with Gasteiger partial charge >= 0.3 is 5.97 Å². The third-order valence-electron chi connectivity index (χ3n) is 3.29. The maximum Gasteiger partial charge on any atom is 0.328 e. The molecule has 2 aromatic rings. The first-order chi connectivity index (χ1) is 11.4. The summed E-state index contributed by atoms with van der Waals surface area (Å²) in [6, 6.07) is 12.0. The molecule has 0 aliphatic rings. The molecular formula is C18H13NO5. The SMILES string of the molecule is C=C(C(=O)c1ccc(C=CC(=O)O)cc1)c1ccc([N+](=O)[O-])cc1. The van der Waals surface area contributed by atoms with E-state index in [1.165, 1.54) is 30.3 Å². The molecule has 0 saturated carbocycles. The average molecular weight is 323 g/mol. The highest BCUT2D eigenvalue weighted by atomic mass is 16.6. The summed E-state index contributed by atoms with van der Waals surface area (Å²) in [5.41, 5.74) is 1.70. The number of carbonyl (C=O) groups excluding carboxylic acids is 1. The summed E-state index contributed by atoms with van der Waals surface area (Å²) in [7, 11) is 0. The molecule has 0 aliphatic heterocycles. The number of carboxylic acid groups (broad SMARTS) is 1. The fraction of sp³-hybridized carbons (Fsp3) is 0. The van der Waals surface area contributed by atoms with Gasteiger partial charge in [-0.25, -0.2) is 4.79 Å². The van der Waals surface area contributed by atoms with Crippen LogP contribution in [0.4, 0.5) is 5.69 Å². The lowest BCUT2D eigenvalue weighted by Crippen LogP contribution is -2.02. The van der Waals surface area contributed by atoms with Crippen LogP contribution in [0.5, 0.6) is 0 Å². The van der Waals surface area contributed by atoms with Gasteiger partial charge in [-0.3, -0.25) is 14.9 Å². The Morgan fingerprint density at radius 3 is 2.04 bits per heavy atom. The van der Waals surface area contributed by atoms with E-state index in [-0.39, 0.29) is 17.0 Å². The van der Waals surface area contributed by atoms with Gasteiger partial charge in [-0.05, 0) is 29.3 Å². The second-order valence-corrected chi connectivity index (χ2v) is 4.91. The molecule has 24 heavy (non-hydrogen) atoms. The summed E-state index contributed by atoms with van der Waals surface area (Å²) in [5, 5.41) is 19.2. The minimum atomic E-state index is -1.05. The number of allylic oxidation sites excluding steroid dienone is 1. The molecule has 2 aromatic carbocycles. The van der Waals surface area contributed by atoms with Gasteiger partial charge < -0.3 is 5.11 Å². The molecule has 1 N–H and O–H groups in total. The second kappa shape index (κ2) is 7.15. The Morgan fingerprint density at radius 2 is 1.54 bits per heavy atom. The zero-order chi connectivity index (χ0) is 17.7. The van der Waals surface area contributed by atoms with E-state index in [2.05, 4.69) is 6.58 Å². The molecule has 0 heterocycles. The van der Waals surface area contributed by atoms with E-state index >= 15 is 0 Å². The largest absolute Gasteiger partial charge is 0.478 e. The number of nitrogens with zero attached hydrogens (tertiary/aromatic N) is 1. The normalized spacial score (nSPS) is 10.5. The van der Waals surface area contributed by atoms with Crippen molar-refractivity contribution in [1.29, 1.82) is 0 Å². The van der Waals surface area contributed by atoms with Gasteiger partial charge in [-0.1, -0.05) is 30.8 Å². The van der Waals surface area contributed by atoms with Crippen molar-refractivity contribution < 1.29 is 19.6 Å². The highest BCUT2D eigenvalue weighted by molar-refractivity contribution is 6.28. The molecule has 6 heteroatoms. The van der Waals surface area contributed by atoms with Gasteiger partial charge in [0.05, 0.1) is 4.92 Å². The van der Waals surface area contributed by atoms with Crippen molar-refractivity contribution in [3.05, 3.63) is 88.0 Å². The molecule has 0 unspecified atom stereocenters. The first kappa shape index (κ1) is 16.8. The number of benzene rings is 2. The van der Waals surface area contributed by atoms with Crippen molar-refractivity contribution in [1.82, 2.24) is 0 Å². The van der Waals surface area contributed by atoms with Crippen LogP contribution < -0.4 is 0 Å². The number of ketones is 1. The van der Waals surface area contributed by atoms with Crippen molar-refractivity contribution in [2.75, 3.05) is 0 Å². The Labute approximate surface area is 137 Å². The number of nitro groups is 1. The lowest BCUT2D eigenvalue weighted by atomic mass is 9.97. The zero-order valence-corrected chi connectivity index (χ0v) is 12.5. The van der Waals surface area contributed by atoms with E-state index in [1.807, 2.05) is 0 Å². The van der Waals surface area contributed by atoms with E-state index in [1.54, 1.807) is 24.3 Å². The van der Waals surface area contributed by atoms with Crippen molar-refractivity contribution in [3.8, 4) is 0 Å². The van der Waals surface area contributed by atoms with E-state index < -0.39 is 10.9 Å². The maximum absolute atomic E-state index is 12.4. The number of non-ortho nitro benzene ring substituents is 1. The van der Waals surface area contributed by atoms with Crippen molar-refractivity contribution in [2.24, 2.45) is 0 Å². The maximum atomic E-state index is 12.4. The lowest BCUT2D eigenvalue weighted by Gasteiger charge is -2.05. The molecule has 0 radical (unpaired) electrons. The van der Waals surface area contributed by atoms with Gasteiger partial charge in [0.15, 0.2) is 5.78 Å². The first-order valence-electron chi connectivity index (χ1n) is 6.88. The molecule has 0 fully saturated rings. The topological polar surface area (TPSA) is 97.5 Å². The number of rotatable bonds is 6. The van der Waals surface area contributed by atoms with Gasteiger partial charge in [0.25, 0.3) is 5.69 Å². The summed E-state index contributed by atoms with van der Waals surface area (Å²) >= 11 is 0. The van der Waals surface area contributed by atoms with Crippen LogP contribution in [0.25, 0.3) is 11.6 Å². The number of carboxylic acids is 1. The minimum absolute atomic E-state index is 0.0615. The van der Waals surface area contributed by atoms with Gasteiger partial charge in [-0.15, -0.1) is 0 Å². The van der Waals surface area contributed by atoms with E-state index in [9.17, 15) is 19.7 Å². The predicted molar refractivity (Wildman–Crippen MR) is 89.6 cm³/mol. The van der Waals surface area contributed by atoms with E-state index in [0.29, 0.717) is 16.7 Å². The molecular weight excluding hydrogens is 310 g/mol. The molecule has 2 rings (SSSR count). The minimum Gasteiger partial charge on any atom is -0.478 e. The van der Waals surface area contributed by atoms with E-state index in [4.69, 9.17) is 5.11 Å². The standard InChI is InChI=1S/C18H13NO5/c1-12(14-7-9-16(10-8-14)19(23)24)18(22)15-5-2-13(3-6-15)4-11-17(20)21/h2-11H,1H2,(H,20,21). The quantitative estimate of drug-likeness (QED) is 0.379. The van der Waals surface area contributed by atoms with Crippen molar-refractivity contribution in [2.45, 2.75) is 0 Å². The van der Waals surface area contributed by atoms with E-state index in [0.717, 1.165) is 6.08 Å². The van der Waals surface area contributed by atoms with Crippen LogP contribution in [0, 0.1) is 10.1 Å². The van der Waals surface area contributed by atoms with Crippen molar-refractivity contribution in [3.63, 3.8) is 0 Å². The molecule has 120 valence electrons. The Morgan fingerprint density at radius 1 is 1.00 bits per heavy atom. The Balaban J connectivity index is 2.17. The monoisotopic (exact) mass is 323 g/mol. The fourth-order valence-corrected chi connectivity index (χ4v) is 2.00. The van der Waals surface area contributed by atoms with Crippen LogP contribution in [-0.4, -0.2) is 21.8 Å². The summed E-state index contributed by atoms with van der Waals surface area (Å²) in [4.78, 5) is 33.0. The number of hydrogen-bond acceptors (Lipinski definition) is 4. The summed E-state index contributed by atoms with van der Waals surface area (Å²) < 4.78 is 0. The molecule has 0 aromatic heterocycles. The van der Waals surface area contributed by atoms with Gasteiger partial charge in [0.1, 0.15) is 0 Å². The van der Waals surface area contributed by atoms with Crippen LogP contribution in [0.3, 0.4) is 0 Å². The van der Waals surface area contributed by atoms with Gasteiger partial charge in [0, 0.05) is 29.3 Å². The number of nitro benzene ring substituents is 1. The molecule has 0 bridgehead atoms. The molecule has 0 saturated heterocycles. The summed E-state index contributed by atoms with van der Waals surface area (Å²) in [6.07, 6.45) is 2.42. The van der Waals surface area contributed by atoms with Crippen LogP contribution >= 0.6 is 0 Å². The van der Waals surface area contributed by atoms with Gasteiger partial charge in [-0.2, -0.15) is 0 Å². The number of Topliss-reactive ketones (excluding diaryl/α,β-unsaturated/α-hetero) is 1. The molecule has 0 aliphatic carbocycles. The number of hydrogen-bond donors (Lipinski definition) is 1. The smallest absolute Gasteiger partial charge is 0.328 e. The highest BCUT2D eigenvalue weighted by Crippen LogP contribution is 2.21. The van der Waals surface area contributed by atoms with Crippen LogP contribution in [0.1, 0.15) is 21.5 Å². The Hall–Kier alpha value is -3.54. The van der Waals surface area contributed by atoms with Crippen LogP contribution in [0.15, 0.2) is 61.2 Å². The van der Waals surface area contributed by atoms with Crippen molar-refractivity contribution >= 4 is 29.1 Å². The fourth-order valence-electron chi connectivity index (χ4n) is 2.00. The zero-order valence-electron chi connectivity index (χ0n) is 12.5. The van der Waals surface area contributed by atoms with Crippen LogP contribution in [-0.2, 0) is 4.79 Å². The third-order valence-corrected chi connectivity index (χ3v) is 3.29. The average Bonchev–Trinajstić information content (AvgIpc) is 2.59. The molecule has 6 nitrogen and oxygen atoms in total. The first-order valence-corrected chi connectivity index (χ1v) is 6.88. The highest BCUT2D eigenvalue weighted by Gasteiger charge is 2.13. The second-order valence-electron chi connectivity index (χ2n) is 4.91. The summed E-state index contributed by atoms with van der Waals surface area (Å²) in [6.45, 7) is 3.75. The summed E-state index contributed by atoms with van der Waals surface area (Å²) in [5.74, 6) is -1.36. The number of carbonyl (C=O) groups is 2. The van der Waals surface area contributed by atoms with Crippen LogP contribution in [0.2, 0.25) is 0 Å². The Bertz CT molecular complexity index is 833. The predicted octanol–water partition coefficient (Wildman–Crippen LogP) is 3.59.